The summed E-state index contributed by atoms with van der Waals surface area (Å²) in [6.07, 6.45) is 1.38. The van der Waals surface area contributed by atoms with Crippen molar-refractivity contribution in [1.29, 1.82) is 0 Å². The molecule has 37 heavy (non-hydrogen) atoms. The highest BCUT2D eigenvalue weighted by Crippen LogP contribution is 2.27. The summed E-state index contributed by atoms with van der Waals surface area (Å²) in [5, 5.41) is 5.40. The molecule has 0 atom stereocenters. The predicted molar refractivity (Wildman–Crippen MR) is 142 cm³/mol. The van der Waals surface area contributed by atoms with E-state index in [2.05, 4.69) is 10.6 Å². The number of urea groups is 1. The van der Waals surface area contributed by atoms with Crippen molar-refractivity contribution in [3.63, 3.8) is 0 Å². The van der Waals surface area contributed by atoms with E-state index < -0.39 is 17.8 Å². The predicted octanol–water partition coefficient (Wildman–Crippen LogP) is 4.95. The fraction of sp³-hybridized carbons (Fsp3) is 0.143. The molecule has 4 rings (SSSR count). The van der Waals surface area contributed by atoms with Crippen LogP contribution in [-0.4, -0.2) is 30.4 Å². The van der Waals surface area contributed by atoms with E-state index in [1.165, 1.54) is 12.1 Å². The number of hydrogen-bond acceptors (Lipinski definition) is 5. The van der Waals surface area contributed by atoms with E-state index in [0.29, 0.717) is 16.3 Å². The third-order valence-electron chi connectivity index (χ3n) is 5.74. The standard InChI is InChI=1S/C28H24ClN3O5/c1-16-4-5-18(3)24(12-16)30-25(33)15-37-21-10-7-19(8-11-21)13-22-26(34)31-28(36)32(27(22)35)20-9-6-17(2)23(29)14-20/h4-14H,15H2,1-3H3,(H,30,33)(H,31,34,36)/b22-13+. The van der Waals surface area contributed by atoms with Crippen LogP contribution < -0.4 is 20.3 Å². The van der Waals surface area contributed by atoms with Gasteiger partial charge in [-0.25, -0.2) is 9.69 Å². The van der Waals surface area contributed by atoms with Gasteiger partial charge >= 0.3 is 6.03 Å². The molecule has 3 aromatic rings. The van der Waals surface area contributed by atoms with Crippen molar-refractivity contribution < 1.29 is 23.9 Å². The number of imide groups is 2. The summed E-state index contributed by atoms with van der Waals surface area (Å²) in [6, 6.07) is 16.2. The number of anilines is 2. The highest BCUT2D eigenvalue weighted by Gasteiger charge is 2.36. The Kier molecular flexibility index (Phi) is 7.40. The molecule has 0 aliphatic carbocycles. The molecule has 3 aromatic carbocycles. The van der Waals surface area contributed by atoms with E-state index in [4.69, 9.17) is 16.3 Å². The molecule has 9 heteroatoms. The Labute approximate surface area is 218 Å². The summed E-state index contributed by atoms with van der Waals surface area (Å²) in [6.45, 7) is 5.46. The van der Waals surface area contributed by atoms with Crippen molar-refractivity contribution in [1.82, 2.24) is 5.32 Å². The fourth-order valence-corrected chi connectivity index (χ4v) is 3.82. The lowest BCUT2D eigenvalue weighted by atomic mass is 10.1. The maximum atomic E-state index is 13.1. The van der Waals surface area contributed by atoms with Crippen LogP contribution in [-0.2, 0) is 14.4 Å². The number of carbonyl (C=O) groups is 4. The molecule has 1 saturated heterocycles. The van der Waals surface area contributed by atoms with E-state index in [1.54, 1.807) is 43.3 Å². The molecule has 0 aromatic heterocycles. The number of nitrogens with one attached hydrogen (secondary N) is 2. The molecule has 1 aliphatic rings. The van der Waals surface area contributed by atoms with Gasteiger partial charge in [-0.2, -0.15) is 0 Å². The minimum atomic E-state index is -0.852. The van der Waals surface area contributed by atoms with Gasteiger partial charge in [0.15, 0.2) is 6.61 Å². The van der Waals surface area contributed by atoms with Gasteiger partial charge in [0.2, 0.25) is 0 Å². The number of ether oxygens (including phenoxy) is 1. The summed E-state index contributed by atoms with van der Waals surface area (Å²) in [7, 11) is 0. The first-order chi connectivity index (χ1) is 17.6. The van der Waals surface area contributed by atoms with Gasteiger partial charge in [-0.3, -0.25) is 19.7 Å². The number of aryl methyl sites for hydroxylation is 3. The van der Waals surface area contributed by atoms with Gasteiger partial charge < -0.3 is 10.1 Å². The number of rotatable bonds is 6. The Balaban J connectivity index is 1.44. The molecule has 0 radical (unpaired) electrons. The third-order valence-corrected chi connectivity index (χ3v) is 6.15. The first kappa shape index (κ1) is 25.7. The van der Waals surface area contributed by atoms with Crippen molar-refractivity contribution in [2.45, 2.75) is 20.8 Å². The molecule has 8 nitrogen and oxygen atoms in total. The molecule has 5 amide bonds. The third kappa shape index (κ3) is 5.87. The van der Waals surface area contributed by atoms with Gasteiger partial charge in [-0.15, -0.1) is 0 Å². The number of amides is 5. The second kappa shape index (κ2) is 10.7. The summed E-state index contributed by atoms with van der Waals surface area (Å²) in [5.41, 5.74) is 4.06. The van der Waals surface area contributed by atoms with E-state index in [9.17, 15) is 19.2 Å². The van der Waals surface area contributed by atoms with Gasteiger partial charge in [-0.1, -0.05) is 41.9 Å². The van der Waals surface area contributed by atoms with E-state index in [1.807, 2.05) is 32.0 Å². The van der Waals surface area contributed by atoms with E-state index in [-0.39, 0.29) is 23.8 Å². The summed E-state index contributed by atoms with van der Waals surface area (Å²) in [5.74, 6) is -1.43. The Morgan fingerprint density at radius 3 is 2.38 bits per heavy atom. The van der Waals surface area contributed by atoms with Gasteiger partial charge in [0.1, 0.15) is 11.3 Å². The van der Waals surface area contributed by atoms with Gasteiger partial charge in [0, 0.05) is 10.7 Å². The Bertz CT molecular complexity index is 1450. The van der Waals surface area contributed by atoms with Crippen LogP contribution >= 0.6 is 11.6 Å². The smallest absolute Gasteiger partial charge is 0.335 e. The van der Waals surface area contributed by atoms with Gasteiger partial charge in [-0.05, 0) is 79.4 Å². The summed E-state index contributed by atoms with van der Waals surface area (Å²) in [4.78, 5) is 51.0. The quantitative estimate of drug-likeness (QED) is 0.355. The second-order valence-corrected chi connectivity index (χ2v) is 9.02. The molecular weight excluding hydrogens is 494 g/mol. The monoisotopic (exact) mass is 517 g/mol. The average Bonchev–Trinajstić information content (AvgIpc) is 2.85. The number of hydrogen-bond donors (Lipinski definition) is 2. The molecule has 0 unspecified atom stereocenters. The van der Waals surface area contributed by atoms with E-state index >= 15 is 0 Å². The lowest BCUT2D eigenvalue weighted by Crippen LogP contribution is -2.54. The Morgan fingerprint density at radius 2 is 1.68 bits per heavy atom. The molecule has 1 aliphatic heterocycles. The van der Waals surface area contributed by atoms with E-state index in [0.717, 1.165) is 27.3 Å². The first-order valence-electron chi connectivity index (χ1n) is 11.4. The normalized spacial score (nSPS) is 14.5. The molecule has 1 fully saturated rings. The van der Waals surface area contributed by atoms with Crippen molar-refractivity contribution in [2.75, 3.05) is 16.8 Å². The lowest BCUT2D eigenvalue weighted by Gasteiger charge is -2.26. The zero-order valence-corrected chi connectivity index (χ0v) is 21.2. The lowest BCUT2D eigenvalue weighted by molar-refractivity contribution is -0.122. The largest absolute Gasteiger partial charge is 0.484 e. The first-order valence-corrected chi connectivity index (χ1v) is 11.8. The van der Waals surface area contributed by atoms with Crippen molar-refractivity contribution in [2.24, 2.45) is 0 Å². The minimum absolute atomic E-state index is 0.190. The average molecular weight is 518 g/mol. The maximum Gasteiger partial charge on any atom is 0.335 e. The van der Waals surface area contributed by atoms with Gasteiger partial charge in [0.25, 0.3) is 17.7 Å². The molecule has 188 valence electrons. The van der Waals surface area contributed by atoms with Crippen molar-refractivity contribution in [3.05, 3.63) is 93.5 Å². The molecule has 0 spiro atoms. The van der Waals surface area contributed by atoms with Crippen LogP contribution in [0.3, 0.4) is 0 Å². The number of barbiturate groups is 1. The SMILES string of the molecule is Cc1ccc(C)c(NC(=O)COc2ccc(/C=C3\C(=O)NC(=O)N(c4ccc(C)c(Cl)c4)C3=O)cc2)c1. The number of halogens is 1. The van der Waals surface area contributed by atoms with Crippen LogP contribution in [0.4, 0.5) is 16.2 Å². The topological polar surface area (TPSA) is 105 Å². The molecule has 2 N–H and O–H groups in total. The molecule has 1 heterocycles. The molecule has 0 bridgehead atoms. The van der Waals surface area contributed by atoms with Crippen LogP contribution in [0.1, 0.15) is 22.3 Å². The Hall–Kier alpha value is -4.43. The van der Waals surface area contributed by atoms with Gasteiger partial charge in [0.05, 0.1) is 5.69 Å². The van der Waals surface area contributed by atoms with Crippen LogP contribution in [0, 0.1) is 20.8 Å². The molecule has 0 saturated carbocycles. The van der Waals surface area contributed by atoms with Crippen LogP contribution in [0.5, 0.6) is 5.75 Å². The van der Waals surface area contributed by atoms with Crippen LogP contribution in [0.25, 0.3) is 6.08 Å². The number of benzene rings is 3. The van der Waals surface area contributed by atoms with Crippen LogP contribution in [0.2, 0.25) is 5.02 Å². The summed E-state index contributed by atoms with van der Waals surface area (Å²) >= 11 is 6.15. The zero-order chi connectivity index (χ0) is 26.7. The minimum Gasteiger partial charge on any atom is -0.484 e. The van der Waals surface area contributed by atoms with Crippen LogP contribution in [0.15, 0.2) is 66.2 Å². The van der Waals surface area contributed by atoms with Crippen molar-refractivity contribution >= 4 is 52.8 Å². The highest BCUT2D eigenvalue weighted by atomic mass is 35.5. The Morgan fingerprint density at radius 1 is 0.973 bits per heavy atom. The van der Waals surface area contributed by atoms with Crippen molar-refractivity contribution in [3.8, 4) is 5.75 Å². The molecular formula is C28H24ClN3O5. The fourth-order valence-electron chi connectivity index (χ4n) is 3.65. The second-order valence-electron chi connectivity index (χ2n) is 8.62. The number of carbonyl (C=O) groups excluding carboxylic acids is 4. The number of nitrogens with zero attached hydrogens (tertiary/aromatic N) is 1. The maximum absolute atomic E-state index is 13.1. The highest BCUT2D eigenvalue weighted by molar-refractivity contribution is 6.39. The zero-order valence-electron chi connectivity index (χ0n) is 20.4. The summed E-state index contributed by atoms with van der Waals surface area (Å²) < 4.78 is 5.56.